The summed E-state index contributed by atoms with van der Waals surface area (Å²) in [5.74, 6) is -0.895. The number of benzene rings is 3. The zero-order chi connectivity index (χ0) is 35.7. The maximum absolute atomic E-state index is 13.8. The highest BCUT2D eigenvalue weighted by Crippen LogP contribution is 2.37. The minimum absolute atomic E-state index is 0.0880. The van der Waals surface area contributed by atoms with Gasteiger partial charge in [0.1, 0.15) is 15.7 Å². The summed E-state index contributed by atoms with van der Waals surface area (Å²) in [6.45, 7) is 4.89. The number of halogens is 6. The Labute approximate surface area is 283 Å². The number of nitrogens with zero attached hydrogens (tertiary/aromatic N) is 4. The molecule has 1 aliphatic heterocycles. The van der Waals surface area contributed by atoms with E-state index in [0.29, 0.717) is 31.6 Å². The molecule has 0 saturated carbocycles. The van der Waals surface area contributed by atoms with E-state index >= 15 is 0 Å². The Bertz CT molecular complexity index is 1780. The third-order valence-electron chi connectivity index (χ3n) is 8.90. The van der Waals surface area contributed by atoms with Crippen molar-refractivity contribution in [3.63, 3.8) is 0 Å². The molecule has 6 nitrogen and oxygen atoms in total. The van der Waals surface area contributed by atoms with Crippen molar-refractivity contribution in [1.29, 1.82) is 0 Å². The van der Waals surface area contributed by atoms with Crippen molar-refractivity contribution in [2.45, 2.75) is 58.0 Å². The minimum atomic E-state index is -4.99. The van der Waals surface area contributed by atoms with Crippen molar-refractivity contribution >= 4 is 44.2 Å². The average molecular weight is 680 g/mol. The van der Waals surface area contributed by atoms with Crippen LogP contribution in [0.1, 0.15) is 60.4 Å². The monoisotopic (exact) mass is 680 g/mol. The van der Waals surface area contributed by atoms with Gasteiger partial charge in [0, 0.05) is 26.2 Å². The van der Waals surface area contributed by atoms with Gasteiger partial charge in [-0.3, -0.25) is 4.79 Å². The maximum Gasteiger partial charge on any atom is 0.416 e. The number of piperidine rings is 1. The van der Waals surface area contributed by atoms with Gasteiger partial charge in [-0.2, -0.15) is 26.3 Å². The Balaban J connectivity index is 1.58. The van der Waals surface area contributed by atoms with Gasteiger partial charge in [-0.05, 0) is 64.8 Å². The highest BCUT2D eigenvalue weighted by Gasteiger charge is 2.37. The molecule has 2 heterocycles. The highest BCUT2D eigenvalue weighted by molar-refractivity contribution is 6.40. The van der Waals surface area contributed by atoms with Gasteiger partial charge < -0.3 is 14.9 Å². The van der Waals surface area contributed by atoms with E-state index in [1.165, 1.54) is 0 Å². The number of carbonyl (C=O) groups is 1. The van der Waals surface area contributed by atoms with Crippen LogP contribution < -0.4 is 20.7 Å². The van der Waals surface area contributed by atoms with Crippen LogP contribution in [0, 0.1) is 5.92 Å². The van der Waals surface area contributed by atoms with Crippen LogP contribution in [0.3, 0.4) is 0 Å². The van der Waals surface area contributed by atoms with Gasteiger partial charge >= 0.3 is 18.3 Å². The van der Waals surface area contributed by atoms with E-state index in [0.717, 1.165) is 45.3 Å². The number of carboxylic acids is 1. The third kappa shape index (κ3) is 8.58. The summed E-state index contributed by atoms with van der Waals surface area (Å²) in [4.78, 5) is 24.0. The molecule has 1 aliphatic rings. The second kappa shape index (κ2) is 14.2. The molecule has 0 unspecified atom stereocenters. The normalized spacial score (nSPS) is 14.3. The smallest absolute Gasteiger partial charge is 0.416 e. The lowest BCUT2D eigenvalue weighted by atomic mass is 9.78. The van der Waals surface area contributed by atoms with Crippen LogP contribution in [0.25, 0.3) is 11.1 Å². The molecule has 1 saturated heterocycles. The summed E-state index contributed by atoms with van der Waals surface area (Å²) in [5, 5.41) is 9.35. The third-order valence-corrected chi connectivity index (χ3v) is 8.90. The van der Waals surface area contributed by atoms with Gasteiger partial charge in [0.05, 0.1) is 35.1 Å². The molecule has 256 valence electrons. The molecule has 1 fully saturated rings. The van der Waals surface area contributed by atoms with E-state index in [1.807, 2.05) is 50.9 Å². The van der Waals surface area contributed by atoms with Crippen LogP contribution in [0.5, 0.6) is 0 Å². The van der Waals surface area contributed by atoms with E-state index in [2.05, 4.69) is 29.9 Å². The van der Waals surface area contributed by atoms with Crippen molar-refractivity contribution in [3.8, 4) is 11.1 Å². The maximum atomic E-state index is 13.8. The van der Waals surface area contributed by atoms with Gasteiger partial charge in [0.2, 0.25) is 5.95 Å². The van der Waals surface area contributed by atoms with Crippen molar-refractivity contribution in [2.24, 2.45) is 5.92 Å². The summed E-state index contributed by atoms with van der Waals surface area (Å²) in [6, 6.07) is 13.7. The number of hydrogen-bond donors (Lipinski definition) is 1. The number of anilines is 2. The number of alkyl halides is 6. The lowest BCUT2D eigenvalue weighted by Crippen LogP contribution is -2.36. The number of aromatic nitrogens is 2. The van der Waals surface area contributed by atoms with Crippen molar-refractivity contribution in [3.05, 3.63) is 94.8 Å². The lowest BCUT2D eigenvalue weighted by Gasteiger charge is -2.32. The predicted octanol–water partition coefficient (Wildman–Crippen LogP) is 5.33. The molecule has 0 spiro atoms. The molecule has 0 aliphatic carbocycles. The fourth-order valence-electron chi connectivity index (χ4n) is 6.41. The zero-order valence-corrected chi connectivity index (χ0v) is 27.7. The van der Waals surface area contributed by atoms with Crippen LogP contribution in [-0.2, 0) is 30.2 Å². The molecule has 1 N–H and O–H groups in total. The predicted molar refractivity (Wildman–Crippen MR) is 183 cm³/mol. The average Bonchev–Trinajstić information content (AvgIpc) is 3.03. The van der Waals surface area contributed by atoms with Crippen molar-refractivity contribution in [2.75, 3.05) is 22.9 Å². The van der Waals surface area contributed by atoms with E-state index in [1.54, 1.807) is 17.3 Å². The fraction of sp³-hybridized carbons (Fsp3) is 0.343. The molecular weight excluding hydrogens is 644 g/mol. The second-order valence-corrected chi connectivity index (χ2v) is 13.0. The molecule has 0 atom stereocenters. The Morgan fingerprint density at radius 3 is 2.08 bits per heavy atom. The molecule has 1 aromatic heterocycles. The molecule has 0 radical (unpaired) electrons. The van der Waals surface area contributed by atoms with Crippen LogP contribution in [-0.4, -0.2) is 49.8 Å². The molecule has 14 heteroatoms. The second-order valence-electron chi connectivity index (χ2n) is 13.0. The minimum Gasteiger partial charge on any atom is -0.481 e. The number of aliphatic carboxylic acids is 1. The summed E-state index contributed by atoms with van der Waals surface area (Å²) in [6.07, 6.45) is -5.97. The molecular formula is C35H36B2F6N4O2. The van der Waals surface area contributed by atoms with Crippen molar-refractivity contribution in [1.82, 2.24) is 9.97 Å². The summed E-state index contributed by atoms with van der Waals surface area (Å²) >= 11 is 0. The Kier molecular flexibility index (Phi) is 10.4. The fourth-order valence-corrected chi connectivity index (χ4v) is 6.41. The van der Waals surface area contributed by atoms with E-state index in [9.17, 15) is 36.2 Å². The SMILES string of the molecule is Bc1cc(B)c(-c2cccc(C(C)C)c2)c(CN(Cc2cc(C(F)(F)F)cc(C(F)(F)F)c2)c2ncc(N3CCC(C(=O)O)CC3)cn2)c1. The molecule has 5 rings (SSSR count). The first-order valence-electron chi connectivity index (χ1n) is 16.0. The van der Waals surface area contributed by atoms with Crippen LogP contribution >= 0.6 is 0 Å². The number of rotatable bonds is 9. The van der Waals surface area contributed by atoms with E-state index in [-0.39, 0.29) is 36.6 Å². The highest BCUT2D eigenvalue weighted by atomic mass is 19.4. The van der Waals surface area contributed by atoms with Gasteiger partial charge in [-0.1, -0.05) is 61.2 Å². The zero-order valence-electron chi connectivity index (χ0n) is 27.7. The summed E-state index contributed by atoms with van der Waals surface area (Å²) in [7, 11) is 3.90. The molecule has 0 amide bonds. The van der Waals surface area contributed by atoms with E-state index < -0.39 is 35.4 Å². The largest absolute Gasteiger partial charge is 0.481 e. The Morgan fingerprint density at radius 1 is 0.918 bits per heavy atom. The first-order chi connectivity index (χ1) is 23.0. The molecule has 49 heavy (non-hydrogen) atoms. The lowest BCUT2D eigenvalue weighted by molar-refractivity contribution is -0.144. The first kappa shape index (κ1) is 35.8. The van der Waals surface area contributed by atoms with Gasteiger partial charge in [-0.15, -0.1) is 0 Å². The van der Waals surface area contributed by atoms with Crippen molar-refractivity contribution < 1.29 is 36.2 Å². The molecule has 0 bridgehead atoms. The Morgan fingerprint density at radius 2 is 1.53 bits per heavy atom. The van der Waals surface area contributed by atoms with E-state index in [4.69, 9.17) is 0 Å². The van der Waals surface area contributed by atoms with Crippen LogP contribution in [0.2, 0.25) is 0 Å². The summed E-state index contributed by atoms with van der Waals surface area (Å²) in [5.41, 5.74) is 3.36. The Hall–Kier alpha value is -4.48. The van der Waals surface area contributed by atoms with Gasteiger partial charge in [0.25, 0.3) is 0 Å². The molecule has 3 aromatic carbocycles. The van der Waals surface area contributed by atoms with Crippen LogP contribution in [0.15, 0.2) is 67.0 Å². The quantitative estimate of drug-likeness (QED) is 0.191. The standard InChI is InChI=1S/C35H36B2F6N4O2/c1-20(2)23-4-3-5-24(12-23)31-25(13-28(36)15-30(31)37)19-47(18-21-10-26(34(38,39)40)14-27(11-21)35(41,42)43)33-44-16-29(17-45-33)46-8-6-22(7-9-46)32(48)49/h3-5,10-17,20,22H,6-9,18-19,36-37H2,1-2H3,(H,48,49). The molecule has 4 aromatic rings. The van der Waals surface area contributed by atoms with Crippen LogP contribution in [0.4, 0.5) is 38.0 Å². The topological polar surface area (TPSA) is 69.6 Å². The summed E-state index contributed by atoms with van der Waals surface area (Å²) < 4.78 is 82.9. The number of hydrogen-bond acceptors (Lipinski definition) is 5. The number of carboxylic acid groups (broad SMARTS) is 1. The van der Waals surface area contributed by atoms with Gasteiger partial charge in [0.15, 0.2) is 0 Å². The van der Waals surface area contributed by atoms with Gasteiger partial charge in [-0.25, -0.2) is 9.97 Å². The first-order valence-corrected chi connectivity index (χ1v) is 16.0.